The van der Waals surface area contributed by atoms with Crippen molar-refractivity contribution in [1.29, 1.82) is 0 Å². The fraction of sp³-hybridized carbons (Fsp3) is 0.667. The highest BCUT2D eigenvalue weighted by Crippen LogP contribution is 2.21. The van der Waals surface area contributed by atoms with Gasteiger partial charge in [0.2, 0.25) is 0 Å². The van der Waals surface area contributed by atoms with Crippen molar-refractivity contribution in [3.05, 3.63) is 25.2 Å². The Balaban J connectivity index is 3.50. The second-order valence-corrected chi connectivity index (χ2v) is 7.53. The molecule has 1 aromatic heterocycles. The van der Waals surface area contributed by atoms with Crippen molar-refractivity contribution in [2.45, 2.75) is 47.0 Å². The molecule has 1 heterocycles. The molecule has 0 unspecified atom stereocenters. The van der Waals surface area contributed by atoms with Crippen molar-refractivity contribution in [3.63, 3.8) is 0 Å². The summed E-state index contributed by atoms with van der Waals surface area (Å²) < 4.78 is 0.995. The Kier molecular flexibility index (Phi) is 3.93. The van der Waals surface area contributed by atoms with Crippen LogP contribution in [0, 0.1) is 5.41 Å². The maximum absolute atomic E-state index is 12.0. The van der Waals surface area contributed by atoms with E-state index in [1.807, 2.05) is 41.5 Å². The van der Waals surface area contributed by atoms with Gasteiger partial charge in [-0.1, -0.05) is 65.1 Å². The molecule has 0 aliphatic heterocycles. The molecule has 0 atom stereocenters. The van der Waals surface area contributed by atoms with E-state index in [9.17, 15) is 9.59 Å². The third-order valence-corrected chi connectivity index (χ3v) is 4.29. The molecular formula is C12H18N2O2S2. The molecule has 4 nitrogen and oxygen atoms in total. The molecule has 6 heteroatoms. The summed E-state index contributed by atoms with van der Waals surface area (Å²) in [6.07, 6.45) is 0. The SMILES string of the molecule is CC(C)(C)C(=S)n1c(=O)nc(C(C)(C)C)sc1=O. The maximum atomic E-state index is 12.0. The number of hydrogen-bond donors (Lipinski definition) is 0. The molecule has 0 fully saturated rings. The summed E-state index contributed by atoms with van der Waals surface area (Å²) >= 11 is 6.18. The normalized spacial score (nSPS) is 12.6. The van der Waals surface area contributed by atoms with Crippen LogP contribution < -0.4 is 10.6 Å². The van der Waals surface area contributed by atoms with E-state index in [4.69, 9.17) is 12.2 Å². The fourth-order valence-corrected chi connectivity index (χ4v) is 2.27. The van der Waals surface area contributed by atoms with Crippen LogP contribution in [0.1, 0.15) is 46.6 Å². The molecule has 0 spiro atoms. The standard InChI is InChI=1S/C12H18N2O2S2/c1-11(2,3)7-13-9(15)14(10(16)18-7)8(17)12(4,5)6/h1-6H3. The predicted octanol–water partition coefficient (Wildman–Crippen LogP) is 2.18. The zero-order chi connectivity index (χ0) is 14.3. The first-order chi connectivity index (χ1) is 7.94. The molecular weight excluding hydrogens is 268 g/mol. The highest BCUT2D eigenvalue weighted by Gasteiger charge is 2.25. The third-order valence-electron chi connectivity index (χ3n) is 2.24. The average Bonchev–Trinajstić information content (AvgIpc) is 2.13. The van der Waals surface area contributed by atoms with Crippen LogP contribution in [0.5, 0.6) is 0 Å². The first-order valence-electron chi connectivity index (χ1n) is 5.64. The van der Waals surface area contributed by atoms with Crippen LogP contribution in [0.3, 0.4) is 0 Å². The lowest BCUT2D eigenvalue weighted by Gasteiger charge is -2.21. The molecule has 0 aromatic carbocycles. The second kappa shape index (κ2) is 4.66. The Morgan fingerprint density at radius 1 is 1.17 bits per heavy atom. The minimum absolute atomic E-state index is 0.307. The van der Waals surface area contributed by atoms with E-state index < -0.39 is 11.1 Å². The van der Waals surface area contributed by atoms with Crippen molar-refractivity contribution >= 4 is 28.5 Å². The Morgan fingerprint density at radius 3 is 2.00 bits per heavy atom. The van der Waals surface area contributed by atoms with Crippen LogP contribution in [0.2, 0.25) is 0 Å². The van der Waals surface area contributed by atoms with Crippen LogP contribution in [0.4, 0.5) is 0 Å². The van der Waals surface area contributed by atoms with Crippen molar-refractivity contribution in [2.24, 2.45) is 5.41 Å². The number of hydrogen-bond acceptors (Lipinski definition) is 5. The van der Waals surface area contributed by atoms with Crippen molar-refractivity contribution in [2.75, 3.05) is 0 Å². The zero-order valence-corrected chi connectivity index (χ0v) is 13.2. The van der Waals surface area contributed by atoms with Crippen LogP contribution in [-0.2, 0) is 5.41 Å². The lowest BCUT2D eigenvalue weighted by atomic mass is 9.97. The van der Waals surface area contributed by atoms with E-state index in [1.54, 1.807) is 0 Å². The van der Waals surface area contributed by atoms with E-state index in [0.29, 0.717) is 10.00 Å². The maximum Gasteiger partial charge on any atom is 0.357 e. The Bertz CT molecular complexity index is 555. The van der Waals surface area contributed by atoms with E-state index in [2.05, 4.69) is 4.98 Å². The van der Waals surface area contributed by atoms with E-state index >= 15 is 0 Å². The first kappa shape index (κ1) is 15.2. The van der Waals surface area contributed by atoms with Crippen molar-refractivity contribution in [3.8, 4) is 0 Å². The Morgan fingerprint density at radius 2 is 1.67 bits per heavy atom. The monoisotopic (exact) mass is 286 g/mol. The first-order valence-corrected chi connectivity index (χ1v) is 6.86. The van der Waals surface area contributed by atoms with Crippen LogP contribution >= 0.6 is 23.6 Å². The van der Waals surface area contributed by atoms with Crippen LogP contribution in [-0.4, -0.2) is 14.5 Å². The number of thiocarbonyl (C=S) groups is 1. The van der Waals surface area contributed by atoms with Gasteiger partial charge in [0, 0.05) is 10.8 Å². The zero-order valence-electron chi connectivity index (χ0n) is 11.5. The molecule has 1 aromatic rings. The highest BCUT2D eigenvalue weighted by molar-refractivity contribution is 7.80. The van der Waals surface area contributed by atoms with Crippen molar-refractivity contribution < 1.29 is 0 Å². The van der Waals surface area contributed by atoms with E-state index in [0.717, 1.165) is 15.9 Å². The highest BCUT2D eigenvalue weighted by atomic mass is 32.1. The largest absolute Gasteiger partial charge is 0.357 e. The molecule has 0 aliphatic rings. The molecule has 100 valence electrons. The van der Waals surface area contributed by atoms with E-state index in [1.165, 1.54) is 0 Å². The summed E-state index contributed by atoms with van der Waals surface area (Å²) in [6.45, 7) is 11.3. The topological polar surface area (TPSA) is 52.0 Å². The second-order valence-electron chi connectivity index (χ2n) is 6.21. The summed E-state index contributed by atoms with van der Waals surface area (Å²) in [7, 11) is 0. The van der Waals surface area contributed by atoms with Gasteiger partial charge in [-0.15, -0.1) is 0 Å². The fourth-order valence-electron chi connectivity index (χ4n) is 1.19. The van der Waals surface area contributed by atoms with Gasteiger partial charge in [0.1, 0.15) is 10.00 Å². The summed E-state index contributed by atoms with van der Waals surface area (Å²) in [5.41, 5.74) is -1.31. The molecule has 0 saturated carbocycles. The average molecular weight is 286 g/mol. The molecule has 1 rings (SSSR count). The summed E-state index contributed by atoms with van der Waals surface area (Å²) in [5.74, 6) is 0. The minimum atomic E-state index is -0.580. The van der Waals surface area contributed by atoms with Gasteiger partial charge in [-0.25, -0.2) is 9.36 Å². The summed E-state index contributed by atoms with van der Waals surface area (Å²) in [4.78, 5) is 27.9. The number of rotatable bonds is 0. The lowest BCUT2D eigenvalue weighted by Crippen LogP contribution is -2.44. The quantitative estimate of drug-likeness (QED) is 0.686. The predicted molar refractivity (Wildman–Crippen MR) is 78.8 cm³/mol. The molecule has 0 N–H and O–H groups in total. The number of nitrogens with zero attached hydrogens (tertiary/aromatic N) is 2. The smallest absolute Gasteiger partial charge is 0.256 e. The molecule has 0 radical (unpaired) electrons. The van der Waals surface area contributed by atoms with Gasteiger partial charge in [0.05, 0.1) is 0 Å². The Hall–Kier alpha value is -0.880. The van der Waals surface area contributed by atoms with Crippen LogP contribution in [0.15, 0.2) is 9.59 Å². The number of aromatic nitrogens is 2. The third kappa shape index (κ3) is 3.11. The lowest BCUT2D eigenvalue weighted by molar-refractivity contribution is 0.565. The van der Waals surface area contributed by atoms with Gasteiger partial charge in [0.25, 0.3) is 0 Å². The van der Waals surface area contributed by atoms with Crippen molar-refractivity contribution in [1.82, 2.24) is 9.55 Å². The molecule has 18 heavy (non-hydrogen) atoms. The van der Waals surface area contributed by atoms with Gasteiger partial charge in [-0.3, -0.25) is 4.79 Å². The van der Waals surface area contributed by atoms with Crippen LogP contribution in [0.25, 0.3) is 0 Å². The van der Waals surface area contributed by atoms with Gasteiger partial charge in [-0.2, -0.15) is 4.98 Å². The molecule has 0 amide bonds. The van der Waals surface area contributed by atoms with Gasteiger partial charge in [-0.05, 0) is 0 Å². The molecule has 0 aliphatic carbocycles. The molecule has 0 bridgehead atoms. The van der Waals surface area contributed by atoms with Gasteiger partial charge in [0.15, 0.2) is 0 Å². The molecule has 0 saturated heterocycles. The van der Waals surface area contributed by atoms with Gasteiger partial charge >= 0.3 is 10.6 Å². The summed E-state index contributed by atoms with van der Waals surface area (Å²) in [6, 6.07) is 0. The minimum Gasteiger partial charge on any atom is -0.256 e. The van der Waals surface area contributed by atoms with E-state index in [-0.39, 0.29) is 10.3 Å². The Labute approximate surface area is 116 Å². The van der Waals surface area contributed by atoms with Gasteiger partial charge < -0.3 is 0 Å². The summed E-state index contributed by atoms with van der Waals surface area (Å²) in [5, 5.41) is 0.533.